The molecule has 0 radical (unpaired) electrons. The van der Waals surface area contributed by atoms with E-state index in [9.17, 15) is 28.8 Å². The molecule has 0 aliphatic carbocycles. The topological polar surface area (TPSA) is 155 Å². The zero-order valence-corrected chi connectivity index (χ0v) is 17.1. The first-order valence-electron chi connectivity index (χ1n) is 9.00. The van der Waals surface area contributed by atoms with Gasteiger partial charge in [0, 0.05) is 18.2 Å². The van der Waals surface area contributed by atoms with E-state index >= 15 is 0 Å². The third-order valence-electron chi connectivity index (χ3n) is 4.32. The summed E-state index contributed by atoms with van der Waals surface area (Å²) in [6.45, 7) is 5.41. The number of aliphatic hydroxyl groups excluding tert-OH is 1. The summed E-state index contributed by atoms with van der Waals surface area (Å²) in [5, 5.41) is 13.5. The first kappa shape index (κ1) is 25.4. The van der Waals surface area contributed by atoms with Gasteiger partial charge in [-0.1, -0.05) is 13.8 Å². The molecule has 0 saturated carbocycles. The van der Waals surface area contributed by atoms with E-state index in [0.29, 0.717) is 0 Å². The van der Waals surface area contributed by atoms with Crippen LogP contribution in [0, 0.1) is 12.8 Å². The summed E-state index contributed by atoms with van der Waals surface area (Å²) in [6.07, 6.45) is -5.18. The number of nitrogens with zero attached hydrogens (tertiary/aromatic N) is 1. The van der Waals surface area contributed by atoms with Gasteiger partial charge in [-0.05, 0) is 16.5 Å². The fourth-order valence-electron chi connectivity index (χ4n) is 2.86. The van der Waals surface area contributed by atoms with Crippen LogP contribution < -0.4 is 11.2 Å². The van der Waals surface area contributed by atoms with Crippen molar-refractivity contribution in [2.45, 2.75) is 51.7 Å². The number of hydrogen-bond donors (Lipinski definition) is 2. The van der Waals surface area contributed by atoms with Crippen molar-refractivity contribution in [1.29, 1.82) is 0 Å². The molecule has 0 spiro atoms. The number of ether oxygens (including phenoxy) is 3. The molecule has 4 unspecified atom stereocenters. The van der Waals surface area contributed by atoms with Crippen molar-refractivity contribution in [2.75, 3.05) is 14.2 Å². The average molecular weight is 436 g/mol. The summed E-state index contributed by atoms with van der Waals surface area (Å²) >= 11 is 0. The number of aromatic amines is 1. The number of aromatic nitrogens is 2. The third kappa shape index (κ3) is 5.50. The van der Waals surface area contributed by atoms with E-state index in [4.69, 9.17) is 4.74 Å². The van der Waals surface area contributed by atoms with E-state index in [2.05, 4.69) is 19.5 Å². The van der Waals surface area contributed by atoms with Crippen LogP contribution in [-0.2, 0) is 33.8 Å². The number of nitrogens with one attached hydrogen (secondary N) is 1. The molecule has 2 heterocycles. The number of carbonyl (C=O) groups is 2. The lowest BCUT2D eigenvalue weighted by Gasteiger charge is -2.19. The number of H-pyrrole nitrogens is 1. The lowest BCUT2D eigenvalue weighted by Crippen LogP contribution is -2.40. The number of rotatable bonds is 7. The zero-order valence-electron chi connectivity index (χ0n) is 17.1. The maximum absolute atomic E-state index is 12.3. The molecule has 2 N–H and O–H groups in total. The summed E-state index contributed by atoms with van der Waals surface area (Å²) in [5.74, 6) is -3.33. The van der Waals surface area contributed by atoms with E-state index < -0.39 is 60.1 Å². The van der Waals surface area contributed by atoms with Crippen molar-refractivity contribution in [3.8, 4) is 0 Å². The largest absolute Gasteiger partial charge is 0.468 e. The van der Waals surface area contributed by atoms with Crippen molar-refractivity contribution < 1.29 is 43.4 Å². The lowest BCUT2D eigenvalue weighted by molar-refractivity contribution is -0.459. The van der Waals surface area contributed by atoms with Gasteiger partial charge in [0.1, 0.15) is 6.10 Å². The number of hydrogen-bond acceptors (Lipinski definition) is 10. The van der Waals surface area contributed by atoms with Gasteiger partial charge in [-0.2, -0.15) is 4.89 Å². The first-order valence-corrected chi connectivity index (χ1v) is 9.00. The predicted octanol–water partition coefficient (Wildman–Crippen LogP) is -0.317. The molecule has 1 aliphatic rings. The summed E-state index contributed by atoms with van der Waals surface area (Å²) in [6, 6.07) is 0. The Labute approximate surface area is 170 Å². The quantitative estimate of drug-likeness (QED) is 0.251. The van der Waals surface area contributed by atoms with Gasteiger partial charge in [-0.3, -0.25) is 23.9 Å². The van der Waals surface area contributed by atoms with Gasteiger partial charge in [-0.25, -0.2) is 4.79 Å². The van der Waals surface area contributed by atoms with Crippen LogP contribution in [0.25, 0.3) is 0 Å². The molecule has 0 aromatic carbocycles. The SMILES string of the molecule is CC.COC(=O)C(CC1OC(n2cc(C)c(=O)[nH]c2=O)C(OOF)C1O)C(=O)OC. The molecule has 12 nitrogen and oxygen atoms in total. The Morgan fingerprint density at radius 2 is 1.83 bits per heavy atom. The Hall–Kier alpha value is -2.61. The predicted molar refractivity (Wildman–Crippen MR) is 96.5 cm³/mol. The van der Waals surface area contributed by atoms with Crippen LogP contribution in [0.5, 0.6) is 0 Å². The highest BCUT2D eigenvalue weighted by atomic mass is 19.3. The number of carbonyl (C=O) groups excluding carboxylic acids is 2. The number of halogens is 1. The minimum Gasteiger partial charge on any atom is -0.468 e. The van der Waals surface area contributed by atoms with Crippen molar-refractivity contribution in [3.63, 3.8) is 0 Å². The second kappa shape index (κ2) is 11.5. The van der Waals surface area contributed by atoms with Crippen molar-refractivity contribution in [3.05, 3.63) is 32.6 Å². The van der Waals surface area contributed by atoms with E-state index in [0.717, 1.165) is 25.0 Å². The number of aliphatic hydroxyl groups is 1. The van der Waals surface area contributed by atoms with E-state index in [1.165, 1.54) is 6.92 Å². The Kier molecular flexibility index (Phi) is 9.78. The highest BCUT2D eigenvalue weighted by molar-refractivity contribution is 5.94. The van der Waals surface area contributed by atoms with Crippen molar-refractivity contribution in [2.24, 2.45) is 5.92 Å². The lowest BCUT2D eigenvalue weighted by atomic mass is 9.97. The average Bonchev–Trinajstić information content (AvgIpc) is 3.04. The summed E-state index contributed by atoms with van der Waals surface area (Å²) in [4.78, 5) is 53.7. The summed E-state index contributed by atoms with van der Waals surface area (Å²) < 4.78 is 27.8. The molecule has 0 amide bonds. The first-order chi connectivity index (χ1) is 14.2. The van der Waals surface area contributed by atoms with Crippen LogP contribution in [0.1, 0.15) is 32.1 Å². The number of aryl methyl sites for hydroxylation is 1. The van der Waals surface area contributed by atoms with Gasteiger partial charge in [0.25, 0.3) is 5.56 Å². The molecule has 2 rings (SSSR count). The molecule has 1 fully saturated rings. The van der Waals surface area contributed by atoms with E-state index in [1.807, 2.05) is 18.8 Å². The summed E-state index contributed by atoms with van der Waals surface area (Å²) in [5.41, 5.74) is -1.44. The van der Waals surface area contributed by atoms with Gasteiger partial charge < -0.3 is 19.3 Å². The molecule has 170 valence electrons. The maximum Gasteiger partial charge on any atom is 0.330 e. The van der Waals surface area contributed by atoms with Crippen LogP contribution in [-0.4, -0.2) is 59.1 Å². The standard InChI is InChI=1S/C15H19FN2O10.C2H6/c1-6-5-18(15(23)17-11(6)20)12-10(27-28-16)9(19)8(26-12)4-7(13(21)24-2)14(22)25-3;1-2/h5,7-10,12,19H,4H2,1-3H3,(H,17,20,23);1-2H3. The maximum atomic E-state index is 12.3. The number of esters is 2. The van der Waals surface area contributed by atoms with Crippen LogP contribution >= 0.6 is 0 Å². The Bertz CT molecular complexity index is 823. The fourth-order valence-corrected chi connectivity index (χ4v) is 2.86. The van der Waals surface area contributed by atoms with Gasteiger partial charge in [0.15, 0.2) is 18.2 Å². The molecular weight excluding hydrogens is 411 g/mol. The second-order valence-electron chi connectivity index (χ2n) is 5.99. The second-order valence-corrected chi connectivity index (χ2v) is 5.99. The monoisotopic (exact) mass is 436 g/mol. The minimum absolute atomic E-state index is 0.128. The molecule has 30 heavy (non-hydrogen) atoms. The molecule has 1 aliphatic heterocycles. The van der Waals surface area contributed by atoms with Gasteiger partial charge in [0.05, 0.1) is 20.3 Å². The normalized spacial score (nSPS) is 22.9. The smallest absolute Gasteiger partial charge is 0.330 e. The van der Waals surface area contributed by atoms with Gasteiger partial charge >= 0.3 is 17.6 Å². The fraction of sp³-hybridized carbons (Fsp3) is 0.647. The molecule has 1 aromatic heterocycles. The zero-order chi connectivity index (χ0) is 23.0. The highest BCUT2D eigenvalue weighted by Crippen LogP contribution is 2.34. The molecular formula is C17H25FN2O10. The van der Waals surface area contributed by atoms with E-state index in [-0.39, 0.29) is 5.56 Å². The van der Waals surface area contributed by atoms with Crippen molar-refractivity contribution in [1.82, 2.24) is 9.55 Å². The Balaban J connectivity index is 0.00000218. The van der Waals surface area contributed by atoms with E-state index in [1.54, 1.807) is 0 Å². The molecule has 13 heteroatoms. The van der Waals surface area contributed by atoms with Crippen LogP contribution in [0.2, 0.25) is 0 Å². The van der Waals surface area contributed by atoms with Crippen LogP contribution in [0.3, 0.4) is 0 Å². The molecule has 4 atom stereocenters. The third-order valence-corrected chi connectivity index (χ3v) is 4.32. The Morgan fingerprint density at radius 3 is 2.33 bits per heavy atom. The van der Waals surface area contributed by atoms with Crippen LogP contribution in [0.4, 0.5) is 4.53 Å². The summed E-state index contributed by atoms with van der Waals surface area (Å²) in [7, 11) is 2.11. The van der Waals surface area contributed by atoms with Crippen molar-refractivity contribution >= 4 is 11.9 Å². The van der Waals surface area contributed by atoms with Crippen LogP contribution in [0.15, 0.2) is 15.8 Å². The Morgan fingerprint density at radius 1 is 1.27 bits per heavy atom. The minimum atomic E-state index is -1.61. The molecule has 0 bridgehead atoms. The highest BCUT2D eigenvalue weighted by Gasteiger charge is 2.49. The van der Waals surface area contributed by atoms with Gasteiger partial charge in [-0.15, -0.1) is 0 Å². The van der Waals surface area contributed by atoms with Gasteiger partial charge in [0.2, 0.25) is 0 Å². The molecule has 1 saturated heterocycles. The number of methoxy groups -OCH3 is 2. The molecule has 1 aromatic rings.